The molecule has 2 aromatic heterocycles. The third-order valence-corrected chi connectivity index (χ3v) is 6.72. The van der Waals surface area contributed by atoms with Crippen molar-refractivity contribution in [3.63, 3.8) is 0 Å². The van der Waals surface area contributed by atoms with Gasteiger partial charge >= 0.3 is 0 Å². The van der Waals surface area contributed by atoms with E-state index < -0.39 is 0 Å². The number of anilines is 1. The van der Waals surface area contributed by atoms with E-state index >= 15 is 0 Å². The maximum atomic E-state index is 12.7. The Bertz CT molecular complexity index is 1130. The van der Waals surface area contributed by atoms with E-state index in [4.69, 9.17) is 0 Å². The Morgan fingerprint density at radius 3 is 2.77 bits per heavy atom. The summed E-state index contributed by atoms with van der Waals surface area (Å²) in [5, 5.41) is 4.55. The summed E-state index contributed by atoms with van der Waals surface area (Å²) in [6.45, 7) is 1.97. The second kappa shape index (κ2) is 8.13. The monoisotopic (exact) mass is 417 g/mol. The van der Waals surface area contributed by atoms with Gasteiger partial charge in [0.05, 0.1) is 6.33 Å². The summed E-state index contributed by atoms with van der Waals surface area (Å²) < 4.78 is 3.22. The Balaban J connectivity index is 1.28. The molecule has 0 N–H and O–H groups in total. The Hall–Kier alpha value is -3.22. The molecule has 3 aromatic rings. The van der Waals surface area contributed by atoms with Crippen molar-refractivity contribution < 1.29 is 4.79 Å². The quantitative estimate of drug-likeness (QED) is 0.616. The van der Waals surface area contributed by atoms with Crippen LogP contribution in [0.25, 0.3) is 5.69 Å². The number of ketones is 1. The molecule has 160 valence electrons. The van der Waals surface area contributed by atoms with Crippen LogP contribution in [0.3, 0.4) is 0 Å². The summed E-state index contributed by atoms with van der Waals surface area (Å²) in [7, 11) is 0. The number of hydrogen-bond donors (Lipinski definition) is 0. The molecule has 2 fully saturated rings. The lowest BCUT2D eigenvalue weighted by Gasteiger charge is -2.24. The predicted octanol–water partition coefficient (Wildman–Crippen LogP) is 3.01. The molecule has 3 heterocycles. The number of Topliss-reactive ketones (excluding diaryl/α,β-unsaturated/α-hetero) is 1. The van der Waals surface area contributed by atoms with Crippen LogP contribution in [-0.4, -0.2) is 38.2 Å². The van der Waals surface area contributed by atoms with Gasteiger partial charge in [0.1, 0.15) is 12.4 Å². The number of carbonyl (C=O) groups excluding carboxylic acids is 1. The second-order valence-electron chi connectivity index (χ2n) is 8.92. The largest absolute Gasteiger partial charge is 0.355 e. The first-order valence-electron chi connectivity index (χ1n) is 11.0. The minimum atomic E-state index is -0.237. The highest BCUT2D eigenvalue weighted by atomic mass is 16.1. The molecule has 1 aromatic carbocycles. The maximum absolute atomic E-state index is 12.7. The zero-order valence-electron chi connectivity index (χ0n) is 17.6. The molecule has 1 saturated heterocycles. The zero-order chi connectivity index (χ0) is 21.3. The molecular formula is C24H27N5O2. The van der Waals surface area contributed by atoms with Crippen molar-refractivity contribution in [2.24, 2.45) is 5.41 Å². The van der Waals surface area contributed by atoms with Gasteiger partial charge in [0.2, 0.25) is 0 Å². The predicted molar refractivity (Wildman–Crippen MR) is 119 cm³/mol. The van der Waals surface area contributed by atoms with Gasteiger partial charge < -0.3 is 9.47 Å². The highest BCUT2D eigenvalue weighted by Gasteiger charge is 2.40. The number of aromatic nitrogens is 4. The van der Waals surface area contributed by atoms with E-state index in [1.165, 1.54) is 42.9 Å². The summed E-state index contributed by atoms with van der Waals surface area (Å²) in [5.41, 5.74) is 2.05. The molecule has 1 aliphatic carbocycles. The number of carbonyl (C=O) groups is 1. The third-order valence-electron chi connectivity index (χ3n) is 6.72. The molecule has 2 aliphatic rings. The normalized spacial score (nSPS) is 17.5. The van der Waals surface area contributed by atoms with Crippen molar-refractivity contribution in [1.29, 1.82) is 0 Å². The lowest BCUT2D eigenvalue weighted by atomic mass is 9.86. The highest BCUT2D eigenvalue weighted by Crippen LogP contribution is 2.45. The number of nitrogens with zero attached hydrogens (tertiary/aromatic N) is 5. The number of imidazole rings is 1. The molecule has 1 aliphatic heterocycles. The average Bonchev–Trinajstić information content (AvgIpc) is 3.53. The molecule has 5 rings (SSSR count). The van der Waals surface area contributed by atoms with Gasteiger partial charge in [-0.25, -0.2) is 9.67 Å². The van der Waals surface area contributed by atoms with Gasteiger partial charge in [-0.1, -0.05) is 25.0 Å². The van der Waals surface area contributed by atoms with Crippen LogP contribution in [0.2, 0.25) is 0 Å². The van der Waals surface area contributed by atoms with E-state index in [1.807, 2.05) is 35.0 Å². The van der Waals surface area contributed by atoms with Gasteiger partial charge in [-0.15, -0.1) is 0 Å². The van der Waals surface area contributed by atoms with Crippen LogP contribution in [0, 0.1) is 5.41 Å². The summed E-state index contributed by atoms with van der Waals surface area (Å²) in [5.74, 6) is 0.765. The molecular weight excluding hydrogens is 390 g/mol. The minimum absolute atomic E-state index is 0.0129. The zero-order valence-corrected chi connectivity index (χ0v) is 17.6. The van der Waals surface area contributed by atoms with Crippen LogP contribution >= 0.6 is 0 Å². The van der Waals surface area contributed by atoms with Gasteiger partial charge in [0.15, 0.2) is 5.78 Å². The van der Waals surface area contributed by atoms with Crippen molar-refractivity contribution in [3.8, 4) is 5.69 Å². The number of rotatable bonds is 6. The lowest BCUT2D eigenvalue weighted by molar-refractivity contribution is -0.119. The van der Waals surface area contributed by atoms with Crippen LogP contribution in [-0.2, 0) is 17.8 Å². The van der Waals surface area contributed by atoms with Crippen molar-refractivity contribution in [2.75, 3.05) is 18.0 Å². The second-order valence-corrected chi connectivity index (χ2v) is 8.92. The molecule has 1 saturated carbocycles. The van der Waals surface area contributed by atoms with Crippen LogP contribution in [0.4, 0.5) is 5.82 Å². The smallest absolute Gasteiger partial charge is 0.267 e. The minimum Gasteiger partial charge on any atom is -0.355 e. The van der Waals surface area contributed by atoms with E-state index in [0.29, 0.717) is 5.41 Å². The van der Waals surface area contributed by atoms with E-state index in [2.05, 4.69) is 15.0 Å². The topological polar surface area (TPSA) is 73.0 Å². The van der Waals surface area contributed by atoms with Crippen molar-refractivity contribution in [1.82, 2.24) is 19.3 Å². The lowest BCUT2D eigenvalue weighted by Crippen LogP contribution is -2.31. The highest BCUT2D eigenvalue weighted by molar-refractivity contribution is 5.80. The summed E-state index contributed by atoms with van der Waals surface area (Å²) in [6, 6.07) is 11.1. The van der Waals surface area contributed by atoms with E-state index in [1.54, 1.807) is 18.6 Å². The molecule has 7 heteroatoms. The van der Waals surface area contributed by atoms with E-state index in [0.717, 1.165) is 30.2 Å². The number of hydrogen-bond acceptors (Lipinski definition) is 5. The molecule has 31 heavy (non-hydrogen) atoms. The van der Waals surface area contributed by atoms with Crippen molar-refractivity contribution in [3.05, 3.63) is 71.0 Å². The van der Waals surface area contributed by atoms with Crippen molar-refractivity contribution in [2.45, 2.75) is 45.1 Å². The number of benzene rings is 1. The average molecular weight is 418 g/mol. The molecule has 1 spiro atoms. The van der Waals surface area contributed by atoms with Crippen LogP contribution in [0.1, 0.15) is 37.7 Å². The standard InChI is InChI=1S/C24H27N5O2/c30-21(15-19-4-3-5-20(14-19)28-13-11-25-18-28)16-29-23(31)7-6-22(26-29)27-12-10-24(17-27)8-1-2-9-24/h3-7,11,13-14,18H,1-2,8-10,12,15-17H2. The van der Waals surface area contributed by atoms with Gasteiger partial charge in [0, 0.05) is 43.7 Å². The first-order chi connectivity index (χ1) is 15.1. The maximum Gasteiger partial charge on any atom is 0.267 e. The fraction of sp³-hybridized carbons (Fsp3) is 0.417. The molecule has 0 bridgehead atoms. The van der Waals surface area contributed by atoms with Crippen molar-refractivity contribution >= 4 is 11.6 Å². The summed E-state index contributed by atoms with van der Waals surface area (Å²) in [6.07, 6.45) is 12.0. The first kappa shape index (κ1) is 19.7. The van der Waals surface area contributed by atoms with Gasteiger partial charge in [-0.3, -0.25) is 9.59 Å². The van der Waals surface area contributed by atoms with Gasteiger partial charge in [-0.2, -0.15) is 5.10 Å². The van der Waals surface area contributed by atoms with Crippen LogP contribution < -0.4 is 10.5 Å². The molecule has 0 radical (unpaired) electrons. The Morgan fingerprint density at radius 2 is 1.97 bits per heavy atom. The summed E-state index contributed by atoms with van der Waals surface area (Å²) >= 11 is 0. The molecule has 0 atom stereocenters. The Morgan fingerprint density at radius 1 is 1.10 bits per heavy atom. The fourth-order valence-corrected chi connectivity index (χ4v) is 5.07. The van der Waals surface area contributed by atoms with E-state index in [-0.39, 0.29) is 24.3 Å². The van der Waals surface area contributed by atoms with E-state index in [9.17, 15) is 9.59 Å². The third kappa shape index (κ3) is 4.17. The van der Waals surface area contributed by atoms with Gasteiger partial charge in [-0.05, 0) is 48.4 Å². The van der Waals surface area contributed by atoms with Crippen LogP contribution in [0.15, 0.2) is 59.9 Å². The molecule has 7 nitrogen and oxygen atoms in total. The fourth-order valence-electron chi connectivity index (χ4n) is 5.07. The first-order valence-corrected chi connectivity index (χ1v) is 11.0. The van der Waals surface area contributed by atoms with Crippen LogP contribution in [0.5, 0.6) is 0 Å². The molecule has 0 unspecified atom stereocenters. The SMILES string of the molecule is O=C(Cc1cccc(-n2ccnc2)c1)Cn1nc(N2CCC3(CCCC3)C2)ccc1=O. The molecule has 0 amide bonds. The Labute approximate surface area is 181 Å². The Kier molecular flexibility index (Phi) is 5.18. The van der Waals surface area contributed by atoms with Gasteiger partial charge in [0.25, 0.3) is 5.56 Å². The summed E-state index contributed by atoms with van der Waals surface area (Å²) in [4.78, 5) is 31.4.